The van der Waals surface area contributed by atoms with E-state index in [1.54, 1.807) is 23.0 Å². The summed E-state index contributed by atoms with van der Waals surface area (Å²) in [6.07, 6.45) is 3.15. The van der Waals surface area contributed by atoms with Gasteiger partial charge in [-0.1, -0.05) is 48.0 Å². The lowest BCUT2D eigenvalue weighted by molar-refractivity contribution is -0.116. The summed E-state index contributed by atoms with van der Waals surface area (Å²) >= 11 is 6.11. The zero-order valence-corrected chi connectivity index (χ0v) is 24.9. The third-order valence-electron chi connectivity index (χ3n) is 7.02. The van der Waals surface area contributed by atoms with Crippen molar-refractivity contribution in [3.8, 4) is 17.3 Å². The van der Waals surface area contributed by atoms with E-state index in [-0.39, 0.29) is 24.5 Å². The van der Waals surface area contributed by atoms with Crippen LogP contribution in [0.15, 0.2) is 83.5 Å². The fraction of sp³-hybridized carbons (Fsp3) is 0.258. The third kappa shape index (κ3) is 6.41. The molecule has 0 saturated carbocycles. The van der Waals surface area contributed by atoms with E-state index < -0.39 is 7.94 Å². The molecule has 1 fully saturated rings. The molecule has 5 aromatic rings. The van der Waals surface area contributed by atoms with Gasteiger partial charge in [-0.2, -0.15) is 4.98 Å². The van der Waals surface area contributed by atoms with E-state index in [4.69, 9.17) is 30.0 Å². The minimum atomic E-state index is -2.96. The SMILES string of the molecule is CC1CC(C)O[P](O)(Cc2ccc(NC(=O)CCc3oc(-n4cnc5ccccc54)nc3-c3ccc(Cl)cc3)cc2)O1. The number of nitrogens with one attached hydrogen (secondary N) is 1. The number of oxazole rings is 1. The van der Waals surface area contributed by atoms with Crippen molar-refractivity contribution in [2.24, 2.45) is 0 Å². The van der Waals surface area contributed by atoms with Gasteiger partial charge in [-0.05, 0) is 55.8 Å². The maximum Gasteiger partial charge on any atom is 0.308 e. The lowest BCUT2D eigenvalue weighted by Gasteiger charge is -2.39. The summed E-state index contributed by atoms with van der Waals surface area (Å²) in [5.74, 6) is 0.423. The van der Waals surface area contributed by atoms with Gasteiger partial charge in [-0.15, -0.1) is 0 Å². The largest absolute Gasteiger partial charge is 0.427 e. The summed E-state index contributed by atoms with van der Waals surface area (Å²) in [5, 5.41) is 3.56. The van der Waals surface area contributed by atoms with Crippen LogP contribution in [0.4, 0.5) is 5.69 Å². The fourth-order valence-electron chi connectivity index (χ4n) is 5.15. The summed E-state index contributed by atoms with van der Waals surface area (Å²) < 4.78 is 19.5. The van der Waals surface area contributed by atoms with Gasteiger partial charge in [-0.3, -0.25) is 9.36 Å². The average molecular weight is 606 g/mol. The molecule has 11 heteroatoms. The molecule has 0 aliphatic carbocycles. The first-order chi connectivity index (χ1) is 20.2. The zero-order valence-electron chi connectivity index (χ0n) is 23.2. The molecule has 0 spiro atoms. The number of imidazole rings is 1. The van der Waals surface area contributed by atoms with E-state index in [0.717, 1.165) is 28.6 Å². The molecule has 1 amide bonds. The Hall–Kier alpha value is -3.59. The molecular formula is C31H31ClN4O5P. The van der Waals surface area contributed by atoms with E-state index in [9.17, 15) is 9.69 Å². The maximum atomic E-state index is 12.9. The van der Waals surface area contributed by atoms with Gasteiger partial charge in [-0.25, -0.2) is 4.98 Å². The number of nitrogens with zero attached hydrogens (tertiary/aromatic N) is 3. The van der Waals surface area contributed by atoms with Gasteiger partial charge < -0.3 is 23.7 Å². The minimum Gasteiger partial charge on any atom is -0.427 e. The van der Waals surface area contributed by atoms with E-state index >= 15 is 0 Å². The second-order valence-corrected chi connectivity index (χ2v) is 12.9. The first-order valence-electron chi connectivity index (χ1n) is 13.8. The highest BCUT2D eigenvalue weighted by atomic mass is 35.5. The molecule has 1 saturated heterocycles. The first kappa shape index (κ1) is 28.5. The smallest absolute Gasteiger partial charge is 0.308 e. The maximum absolute atomic E-state index is 12.9. The van der Waals surface area contributed by atoms with Crippen LogP contribution in [0.3, 0.4) is 0 Å². The molecule has 2 unspecified atom stereocenters. The molecule has 2 aromatic heterocycles. The van der Waals surface area contributed by atoms with Crippen LogP contribution in [0.1, 0.15) is 38.0 Å². The van der Waals surface area contributed by atoms with Crippen molar-refractivity contribution in [1.82, 2.24) is 14.5 Å². The van der Waals surface area contributed by atoms with Crippen LogP contribution in [0, 0.1) is 0 Å². The summed E-state index contributed by atoms with van der Waals surface area (Å²) in [6.45, 7) is 3.89. The highest BCUT2D eigenvalue weighted by molar-refractivity contribution is 7.59. The predicted molar refractivity (Wildman–Crippen MR) is 164 cm³/mol. The van der Waals surface area contributed by atoms with Crippen molar-refractivity contribution in [2.75, 3.05) is 5.32 Å². The van der Waals surface area contributed by atoms with Crippen molar-refractivity contribution in [1.29, 1.82) is 0 Å². The van der Waals surface area contributed by atoms with Crippen LogP contribution < -0.4 is 5.32 Å². The van der Waals surface area contributed by atoms with Gasteiger partial charge in [0.15, 0.2) is 0 Å². The number of benzene rings is 3. The Bertz CT molecular complexity index is 1690. The summed E-state index contributed by atoms with van der Waals surface area (Å²) in [6, 6.07) is 22.8. The summed E-state index contributed by atoms with van der Waals surface area (Å²) in [5.41, 5.74) is 4.71. The average Bonchev–Trinajstić information content (AvgIpc) is 3.57. The van der Waals surface area contributed by atoms with Gasteiger partial charge in [0, 0.05) is 35.5 Å². The van der Waals surface area contributed by atoms with Crippen LogP contribution in [-0.4, -0.2) is 37.5 Å². The number of amides is 1. The van der Waals surface area contributed by atoms with Crippen molar-refractivity contribution in [3.63, 3.8) is 0 Å². The molecule has 217 valence electrons. The fourth-order valence-corrected chi connectivity index (χ4v) is 7.44. The Morgan fingerprint density at radius 3 is 2.50 bits per heavy atom. The number of fused-ring (bicyclic) bond motifs is 1. The Morgan fingerprint density at radius 1 is 1.05 bits per heavy atom. The van der Waals surface area contributed by atoms with Crippen LogP contribution in [-0.2, 0) is 26.4 Å². The summed E-state index contributed by atoms with van der Waals surface area (Å²) in [4.78, 5) is 33.0. The number of para-hydroxylation sites is 2. The first-order valence-corrected chi connectivity index (χ1v) is 15.9. The van der Waals surface area contributed by atoms with E-state index in [2.05, 4.69) is 10.3 Å². The number of carbonyl (C=O) groups is 1. The molecule has 42 heavy (non-hydrogen) atoms. The molecular weight excluding hydrogens is 575 g/mol. The predicted octanol–water partition coefficient (Wildman–Crippen LogP) is 7.37. The molecule has 2 atom stereocenters. The molecule has 1 aliphatic heterocycles. The Labute approximate surface area is 249 Å². The van der Waals surface area contributed by atoms with Crippen molar-refractivity contribution in [2.45, 2.75) is 51.5 Å². The highest BCUT2D eigenvalue weighted by Crippen LogP contribution is 2.64. The second kappa shape index (κ2) is 12.0. The van der Waals surface area contributed by atoms with Gasteiger partial charge >= 0.3 is 6.01 Å². The van der Waals surface area contributed by atoms with Crippen LogP contribution in [0.25, 0.3) is 28.3 Å². The van der Waals surface area contributed by atoms with E-state index in [1.807, 2.05) is 74.5 Å². The molecule has 1 aliphatic rings. The standard InChI is InChI=1S/C31H31ClN4O5P/c1-20-17-21(2)41-42(38,40-20)18-22-7-13-25(14-8-22)34-29(37)16-15-28-30(23-9-11-24(32)12-10-23)35-31(39-28)36-19-33-26-5-3-4-6-27(26)36/h3-14,19-21,38H,15-18H2,1-2H3,(H,34,37). The van der Waals surface area contributed by atoms with E-state index in [1.165, 1.54) is 0 Å². The highest BCUT2D eigenvalue weighted by Gasteiger charge is 2.37. The van der Waals surface area contributed by atoms with Crippen molar-refractivity contribution in [3.05, 3.63) is 95.5 Å². The lowest BCUT2D eigenvalue weighted by atomic mass is 10.1. The Morgan fingerprint density at radius 2 is 1.76 bits per heavy atom. The zero-order chi connectivity index (χ0) is 29.3. The number of hydrogen-bond donors (Lipinski definition) is 2. The third-order valence-corrected chi connectivity index (χ3v) is 9.41. The quantitative estimate of drug-likeness (QED) is 0.178. The molecule has 1 radical (unpaired) electrons. The normalized spacial score (nSPS) is 20.6. The van der Waals surface area contributed by atoms with Gasteiger partial charge in [0.1, 0.15) is 17.8 Å². The van der Waals surface area contributed by atoms with Gasteiger partial charge in [0.05, 0.1) is 29.4 Å². The van der Waals surface area contributed by atoms with Crippen molar-refractivity contribution < 1.29 is 23.2 Å². The number of aryl methyl sites for hydroxylation is 1. The Kier molecular flexibility index (Phi) is 8.12. The summed E-state index contributed by atoms with van der Waals surface area (Å²) in [7, 11) is -2.96. The van der Waals surface area contributed by atoms with Gasteiger partial charge in [0.2, 0.25) is 13.9 Å². The van der Waals surface area contributed by atoms with Crippen LogP contribution in [0.5, 0.6) is 0 Å². The number of carbonyl (C=O) groups excluding carboxylic acids is 1. The van der Waals surface area contributed by atoms with Gasteiger partial charge in [0.25, 0.3) is 0 Å². The Balaban J connectivity index is 1.15. The lowest BCUT2D eigenvalue weighted by Crippen LogP contribution is -2.27. The number of hydrogen-bond acceptors (Lipinski definition) is 7. The topological polar surface area (TPSA) is 112 Å². The molecule has 0 bridgehead atoms. The molecule has 3 aromatic carbocycles. The van der Waals surface area contributed by atoms with E-state index in [0.29, 0.717) is 40.8 Å². The molecule has 3 heterocycles. The second-order valence-electron chi connectivity index (χ2n) is 10.5. The van der Waals surface area contributed by atoms with Crippen LogP contribution >= 0.6 is 19.5 Å². The molecule has 6 rings (SSSR count). The van der Waals surface area contributed by atoms with Crippen molar-refractivity contribution >= 4 is 42.2 Å². The number of halogens is 1. The number of anilines is 1. The van der Waals surface area contributed by atoms with Crippen LogP contribution in [0.2, 0.25) is 5.02 Å². The molecule has 2 N–H and O–H groups in total. The number of aromatic nitrogens is 3. The molecule has 9 nitrogen and oxygen atoms in total. The minimum absolute atomic E-state index is 0.0504. The monoisotopic (exact) mass is 605 g/mol. The number of rotatable bonds is 8.